The van der Waals surface area contributed by atoms with Crippen LogP contribution in [0.25, 0.3) is 32.8 Å². The third kappa shape index (κ3) is 1.60. The number of methoxy groups -OCH3 is 1. The molecule has 1 aliphatic rings. The number of benzene rings is 2. The second-order valence-electron chi connectivity index (χ2n) is 6.17. The van der Waals surface area contributed by atoms with E-state index < -0.39 is 0 Å². The van der Waals surface area contributed by atoms with E-state index in [0.717, 1.165) is 26.7 Å². The number of ether oxygens (including phenoxy) is 1. The summed E-state index contributed by atoms with van der Waals surface area (Å²) < 4.78 is 6.97. The van der Waals surface area contributed by atoms with E-state index in [1.165, 1.54) is 7.05 Å². The third-order valence-electron chi connectivity index (χ3n) is 4.82. The maximum Gasteiger partial charge on any atom is 0.263 e. The molecule has 0 bridgehead atoms. The Kier molecular flexibility index (Phi) is 2.65. The van der Waals surface area contributed by atoms with Crippen LogP contribution in [0.15, 0.2) is 30.6 Å². The first-order valence-electron chi connectivity index (χ1n) is 7.86. The van der Waals surface area contributed by atoms with Gasteiger partial charge in [0.25, 0.3) is 11.8 Å². The molecule has 0 saturated carbocycles. The predicted molar refractivity (Wildman–Crippen MR) is 92.5 cm³/mol. The van der Waals surface area contributed by atoms with Gasteiger partial charge in [0, 0.05) is 30.4 Å². The van der Waals surface area contributed by atoms with Crippen LogP contribution in [0.2, 0.25) is 0 Å². The minimum absolute atomic E-state index is 0.250. The van der Waals surface area contributed by atoms with Crippen molar-refractivity contribution < 1.29 is 14.3 Å². The zero-order valence-corrected chi connectivity index (χ0v) is 13.7. The van der Waals surface area contributed by atoms with E-state index in [1.54, 1.807) is 18.0 Å². The van der Waals surface area contributed by atoms with E-state index in [9.17, 15) is 9.59 Å². The van der Waals surface area contributed by atoms with Gasteiger partial charge in [0.05, 0.1) is 28.5 Å². The molecule has 25 heavy (non-hydrogen) atoms. The molecule has 7 nitrogen and oxygen atoms in total. The molecule has 4 aromatic rings. The molecule has 0 saturated heterocycles. The van der Waals surface area contributed by atoms with Gasteiger partial charge in [-0.2, -0.15) is 0 Å². The second-order valence-corrected chi connectivity index (χ2v) is 6.17. The summed E-state index contributed by atoms with van der Waals surface area (Å²) in [5, 5.41) is 1.66. The van der Waals surface area contributed by atoms with Gasteiger partial charge in [-0.3, -0.25) is 14.5 Å². The molecule has 0 radical (unpaired) electrons. The zero-order valence-electron chi connectivity index (χ0n) is 13.7. The Morgan fingerprint density at radius 1 is 1.16 bits per heavy atom. The van der Waals surface area contributed by atoms with Crippen LogP contribution >= 0.6 is 0 Å². The average Bonchev–Trinajstić information content (AvgIpc) is 3.26. The van der Waals surface area contributed by atoms with Gasteiger partial charge in [-0.25, -0.2) is 4.98 Å². The molecule has 0 unspecified atom stereocenters. The van der Waals surface area contributed by atoms with Crippen molar-refractivity contribution in [2.24, 2.45) is 0 Å². The van der Waals surface area contributed by atoms with Crippen molar-refractivity contribution >= 4 is 44.7 Å². The Balaban J connectivity index is 2.09. The number of hydrogen-bond acceptors (Lipinski definition) is 4. The largest absolute Gasteiger partial charge is 0.364 e. The fourth-order valence-electron chi connectivity index (χ4n) is 3.74. The second kappa shape index (κ2) is 4.67. The molecule has 2 aromatic heterocycles. The van der Waals surface area contributed by atoms with Crippen molar-refractivity contribution in [2.45, 2.75) is 6.73 Å². The van der Waals surface area contributed by atoms with Gasteiger partial charge in [-0.05, 0) is 6.07 Å². The van der Waals surface area contributed by atoms with Crippen molar-refractivity contribution in [3.05, 3.63) is 41.7 Å². The van der Waals surface area contributed by atoms with Crippen LogP contribution in [0.3, 0.4) is 0 Å². The van der Waals surface area contributed by atoms with Gasteiger partial charge in [-0.15, -0.1) is 0 Å². The molecular formula is C18H14N4O3. The highest BCUT2D eigenvalue weighted by molar-refractivity contribution is 6.35. The molecule has 0 fully saturated rings. The summed E-state index contributed by atoms with van der Waals surface area (Å²) in [6, 6.07) is 7.74. The highest BCUT2D eigenvalue weighted by Gasteiger charge is 2.39. The summed E-state index contributed by atoms with van der Waals surface area (Å²) >= 11 is 0. The molecule has 5 rings (SSSR count). The fourth-order valence-corrected chi connectivity index (χ4v) is 3.74. The lowest BCUT2D eigenvalue weighted by molar-refractivity contribution is 0.0694. The van der Waals surface area contributed by atoms with Crippen LogP contribution in [0.4, 0.5) is 0 Å². The van der Waals surface area contributed by atoms with Crippen molar-refractivity contribution in [3.63, 3.8) is 0 Å². The maximum absolute atomic E-state index is 12.8. The summed E-state index contributed by atoms with van der Waals surface area (Å²) in [5.74, 6) is -0.600. The Labute approximate surface area is 141 Å². The molecule has 0 spiro atoms. The Morgan fingerprint density at radius 3 is 2.72 bits per heavy atom. The van der Waals surface area contributed by atoms with E-state index in [2.05, 4.69) is 9.97 Å². The minimum atomic E-state index is -0.310. The number of aromatic nitrogens is 3. The van der Waals surface area contributed by atoms with E-state index in [1.807, 2.05) is 24.3 Å². The number of imidazole rings is 1. The summed E-state index contributed by atoms with van der Waals surface area (Å²) in [4.78, 5) is 34.6. The van der Waals surface area contributed by atoms with Gasteiger partial charge in [0.15, 0.2) is 0 Å². The van der Waals surface area contributed by atoms with Crippen LogP contribution in [0.1, 0.15) is 20.7 Å². The molecule has 2 aromatic carbocycles. The maximum atomic E-state index is 12.8. The third-order valence-corrected chi connectivity index (χ3v) is 4.82. The summed E-state index contributed by atoms with van der Waals surface area (Å²) in [5.41, 5.74) is 3.79. The van der Waals surface area contributed by atoms with Crippen molar-refractivity contribution in [2.75, 3.05) is 14.2 Å². The summed E-state index contributed by atoms with van der Waals surface area (Å²) in [6.07, 6.45) is 1.63. The first-order chi connectivity index (χ1) is 12.1. The van der Waals surface area contributed by atoms with E-state index >= 15 is 0 Å². The van der Waals surface area contributed by atoms with Crippen LogP contribution in [0, 0.1) is 0 Å². The molecule has 0 aliphatic carbocycles. The number of fused-ring (bicyclic) bond motifs is 8. The van der Waals surface area contributed by atoms with Gasteiger partial charge in [0.2, 0.25) is 0 Å². The first-order valence-corrected chi connectivity index (χ1v) is 7.86. The molecule has 3 heterocycles. The number of carbonyl (C=O) groups excluding carboxylic acids is 2. The SMILES string of the molecule is COCn1cnc2c3[nH]c4ccccc4c3c3c(c21)C(=O)N(C)C3=O. The highest BCUT2D eigenvalue weighted by Crippen LogP contribution is 2.40. The van der Waals surface area contributed by atoms with Gasteiger partial charge in [-0.1, -0.05) is 18.2 Å². The van der Waals surface area contributed by atoms with Gasteiger partial charge < -0.3 is 14.3 Å². The zero-order chi connectivity index (χ0) is 17.3. The smallest absolute Gasteiger partial charge is 0.263 e. The summed E-state index contributed by atoms with van der Waals surface area (Å²) in [7, 11) is 3.08. The van der Waals surface area contributed by atoms with E-state index in [-0.39, 0.29) is 18.5 Å². The normalized spacial score (nSPS) is 14.4. The lowest BCUT2D eigenvalue weighted by atomic mass is 10.00. The monoisotopic (exact) mass is 334 g/mol. The number of nitrogens with one attached hydrogen (secondary N) is 1. The van der Waals surface area contributed by atoms with Crippen LogP contribution in [-0.2, 0) is 11.5 Å². The predicted octanol–water partition coefficient (Wildman–Crippen LogP) is 2.50. The van der Waals surface area contributed by atoms with Crippen LogP contribution in [-0.4, -0.2) is 45.4 Å². The molecule has 1 N–H and O–H groups in total. The number of nitrogens with zero attached hydrogens (tertiary/aromatic N) is 3. The number of hydrogen-bond donors (Lipinski definition) is 1. The molecule has 2 amide bonds. The fraction of sp³-hybridized carbons (Fsp3) is 0.167. The highest BCUT2D eigenvalue weighted by atomic mass is 16.5. The molecule has 1 aliphatic heterocycles. The lowest BCUT2D eigenvalue weighted by Crippen LogP contribution is -2.24. The number of carbonyl (C=O) groups is 2. The van der Waals surface area contributed by atoms with E-state index in [4.69, 9.17) is 4.74 Å². The Morgan fingerprint density at radius 2 is 1.92 bits per heavy atom. The number of aromatic amines is 1. The quantitative estimate of drug-likeness (QED) is 0.571. The molecule has 0 atom stereocenters. The Hall–Kier alpha value is -3.19. The average molecular weight is 334 g/mol. The van der Waals surface area contributed by atoms with E-state index in [0.29, 0.717) is 22.2 Å². The minimum Gasteiger partial charge on any atom is -0.364 e. The van der Waals surface area contributed by atoms with Crippen LogP contribution in [0.5, 0.6) is 0 Å². The van der Waals surface area contributed by atoms with Gasteiger partial charge in [0.1, 0.15) is 12.2 Å². The molecular weight excluding hydrogens is 320 g/mol. The molecule has 124 valence electrons. The van der Waals surface area contributed by atoms with Crippen molar-refractivity contribution in [1.29, 1.82) is 0 Å². The topological polar surface area (TPSA) is 80.2 Å². The van der Waals surface area contributed by atoms with Gasteiger partial charge >= 0.3 is 0 Å². The summed E-state index contributed by atoms with van der Waals surface area (Å²) in [6.45, 7) is 0.250. The molecule has 7 heteroatoms. The number of para-hydroxylation sites is 1. The number of imide groups is 1. The van der Waals surface area contributed by atoms with Crippen molar-refractivity contribution in [3.8, 4) is 0 Å². The first kappa shape index (κ1) is 14.2. The number of H-pyrrole nitrogens is 1. The van der Waals surface area contributed by atoms with Crippen molar-refractivity contribution in [1.82, 2.24) is 19.4 Å². The van der Waals surface area contributed by atoms with Crippen LogP contribution < -0.4 is 0 Å². The lowest BCUT2D eigenvalue weighted by Gasteiger charge is -2.06. The Bertz CT molecular complexity index is 1220. The number of amides is 2. The number of rotatable bonds is 2. The standard InChI is InChI=1S/C18H14N4O3/c1-21-17(23)12-11-9-5-3-4-6-10(9)20-14(11)15-16(13(12)18(21)24)22(7-19-15)8-25-2/h3-7,20H,8H2,1-2H3.